The second-order valence-corrected chi connectivity index (χ2v) is 4.75. The molecule has 0 aromatic heterocycles. The summed E-state index contributed by atoms with van der Waals surface area (Å²) in [6, 6.07) is 0. The van der Waals surface area contributed by atoms with Crippen molar-refractivity contribution in [3.8, 4) is 0 Å². The first-order valence-electron chi connectivity index (χ1n) is 5.02. The van der Waals surface area contributed by atoms with Crippen LogP contribution in [-0.4, -0.2) is 19.1 Å². The van der Waals surface area contributed by atoms with Gasteiger partial charge >= 0.3 is 10.4 Å². The molecule has 0 fully saturated rings. The molecule has 1 N–H and O–H groups in total. The summed E-state index contributed by atoms with van der Waals surface area (Å²) in [5, 5.41) is 0. The SMILES string of the molecule is CCCCCC(C)C(C)OS(=O)(=O)O. The summed E-state index contributed by atoms with van der Waals surface area (Å²) in [6.07, 6.45) is 3.81. The van der Waals surface area contributed by atoms with E-state index < -0.39 is 16.5 Å². The lowest BCUT2D eigenvalue weighted by molar-refractivity contribution is 0.140. The van der Waals surface area contributed by atoms with Crippen molar-refractivity contribution in [1.29, 1.82) is 0 Å². The summed E-state index contributed by atoms with van der Waals surface area (Å²) in [5.41, 5.74) is 0. The van der Waals surface area contributed by atoms with Crippen molar-refractivity contribution in [2.75, 3.05) is 0 Å². The number of hydrogen-bond donors (Lipinski definition) is 1. The Hall–Kier alpha value is -0.130. The van der Waals surface area contributed by atoms with Crippen LogP contribution in [0.1, 0.15) is 46.5 Å². The van der Waals surface area contributed by atoms with Crippen LogP contribution >= 0.6 is 0 Å². The minimum atomic E-state index is -4.30. The molecular formula is C9H20O4S. The highest BCUT2D eigenvalue weighted by Crippen LogP contribution is 2.16. The van der Waals surface area contributed by atoms with Crippen molar-refractivity contribution in [3.05, 3.63) is 0 Å². The molecule has 0 heterocycles. The average Bonchev–Trinajstić information content (AvgIpc) is 2.01. The minimum Gasteiger partial charge on any atom is -0.264 e. The predicted molar refractivity (Wildman–Crippen MR) is 55.4 cm³/mol. The molecule has 0 aromatic rings. The molecule has 0 aromatic carbocycles. The van der Waals surface area contributed by atoms with Gasteiger partial charge in [-0.05, 0) is 19.3 Å². The highest BCUT2D eigenvalue weighted by atomic mass is 32.3. The summed E-state index contributed by atoms with van der Waals surface area (Å²) in [6.45, 7) is 5.69. The van der Waals surface area contributed by atoms with E-state index in [1.807, 2.05) is 6.92 Å². The summed E-state index contributed by atoms with van der Waals surface area (Å²) in [7, 11) is -4.30. The van der Waals surface area contributed by atoms with Gasteiger partial charge in [0.25, 0.3) is 0 Å². The standard InChI is InChI=1S/C9H20O4S/c1-4-5-6-7-8(2)9(3)13-14(10,11)12/h8-9H,4-7H2,1-3H3,(H,10,11,12). The van der Waals surface area contributed by atoms with Crippen molar-refractivity contribution in [3.63, 3.8) is 0 Å². The first kappa shape index (κ1) is 13.9. The van der Waals surface area contributed by atoms with Crippen molar-refractivity contribution < 1.29 is 17.2 Å². The molecule has 2 unspecified atom stereocenters. The zero-order valence-electron chi connectivity index (χ0n) is 9.06. The molecule has 0 aliphatic heterocycles. The van der Waals surface area contributed by atoms with Crippen LogP contribution in [0.15, 0.2) is 0 Å². The van der Waals surface area contributed by atoms with Gasteiger partial charge in [-0.15, -0.1) is 0 Å². The molecule has 4 nitrogen and oxygen atoms in total. The van der Waals surface area contributed by atoms with Gasteiger partial charge in [-0.1, -0.05) is 33.1 Å². The van der Waals surface area contributed by atoms with E-state index in [1.165, 1.54) is 0 Å². The van der Waals surface area contributed by atoms with Gasteiger partial charge in [0.05, 0.1) is 6.10 Å². The van der Waals surface area contributed by atoms with E-state index in [0.29, 0.717) is 0 Å². The third-order valence-electron chi connectivity index (χ3n) is 2.34. The van der Waals surface area contributed by atoms with E-state index in [-0.39, 0.29) is 5.92 Å². The van der Waals surface area contributed by atoms with Gasteiger partial charge in [-0.3, -0.25) is 4.55 Å². The van der Waals surface area contributed by atoms with Crippen molar-refractivity contribution in [2.45, 2.75) is 52.6 Å². The lowest BCUT2D eigenvalue weighted by Crippen LogP contribution is -2.21. The summed E-state index contributed by atoms with van der Waals surface area (Å²) in [5.74, 6) is 0.142. The van der Waals surface area contributed by atoms with Gasteiger partial charge in [0.1, 0.15) is 0 Å². The monoisotopic (exact) mass is 224 g/mol. The van der Waals surface area contributed by atoms with Gasteiger partial charge in [0, 0.05) is 0 Å². The number of unbranched alkanes of at least 4 members (excludes halogenated alkanes) is 2. The smallest absolute Gasteiger partial charge is 0.264 e. The van der Waals surface area contributed by atoms with Crippen LogP contribution in [0.3, 0.4) is 0 Å². The molecule has 86 valence electrons. The average molecular weight is 224 g/mol. The molecule has 0 spiro atoms. The largest absolute Gasteiger partial charge is 0.397 e. The highest BCUT2D eigenvalue weighted by Gasteiger charge is 2.18. The normalized spacial score (nSPS) is 16.6. The molecule has 5 heteroatoms. The fourth-order valence-corrected chi connectivity index (χ4v) is 1.81. The first-order valence-corrected chi connectivity index (χ1v) is 6.39. The Morgan fingerprint density at radius 1 is 1.29 bits per heavy atom. The Morgan fingerprint density at radius 3 is 2.29 bits per heavy atom. The van der Waals surface area contributed by atoms with Crippen molar-refractivity contribution >= 4 is 10.4 Å². The molecule has 0 aliphatic carbocycles. The van der Waals surface area contributed by atoms with Crippen LogP contribution in [0.25, 0.3) is 0 Å². The highest BCUT2D eigenvalue weighted by molar-refractivity contribution is 7.80. The van der Waals surface area contributed by atoms with Gasteiger partial charge < -0.3 is 0 Å². The van der Waals surface area contributed by atoms with E-state index in [1.54, 1.807) is 6.92 Å². The zero-order valence-corrected chi connectivity index (χ0v) is 9.88. The summed E-state index contributed by atoms with van der Waals surface area (Å²) >= 11 is 0. The maximum absolute atomic E-state index is 10.4. The van der Waals surface area contributed by atoms with Crippen molar-refractivity contribution in [1.82, 2.24) is 0 Å². The maximum Gasteiger partial charge on any atom is 0.397 e. The molecule has 0 bridgehead atoms. The van der Waals surface area contributed by atoms with E-state index in [9.17, 15) is 8.42 Å². The molecule has 0 saturated heterocycles. The van der Waals surface area contributed by atoms with Gasteiger partial charge in [-0.2, -0.15) is 8.42 Å². The Bertz CT molecular complexity index is 235. The number of hydrogen-bond acceptors (Lipinski definition) is 3. The third-order valence-corrected chi connectivity index (χ3v) is 2.88. The lowest BCUT2D eigenvalue weighted by atomic mass is 9.99. The maximum atomic E-state index is 10.4. The minimum absolute atomic E-state index is 0.142. The van der Waals surface area contributed by atoms with Crippen LogP contribution < -0.4 is 0 Å². The summed E-state index contributed by atoms with van der Waals surface area (Å²) in [4.78, 5) is 0. The lowest BCUT2D eigenvalue weighted by Gasteiger charge is -2.17. The van der Waals surface area contributed by atoms with E-state index in [0.717, 1.165) is 25.7 Å². The fourth-order valence-electron chi connectivity index (χ4n) is 1.24. The quantitative estimate of drug-likeness (QED) is 0.533. The molecule has 0 amide bonds. The Labute approximate surface area is 86.6 Å². The zero-order chi connectivity index (χ0) is 11.2. The molecule has 0 radical (unpaired) electrons. The molecule has 14 heavy (non-hydrogen) atoms. The van der Waals surface area contributed by atoms with Crippen LogP contribution in [-0.2, 0) is 14.6 Å². The third kappa shape index (κ3) is 7.29. The van der Waals surface area contributed by atoms with E-state index in [2.05, 4.69) is 11.1 Å². The molecular weight excluding hydrogens is 204 g/mol. The van der Waals surface area contributed by atoms with Gasteiger partial charge in [0.2, 0.25) is 0 Å². The Morgan fingerprint density at radius 2 is 1.86 bits per heavy atom. The van der Waals surface area contributed by atoms with Crippen LogP contribution in [0, 0.1) is 5.92 Å². The summed E-state index contributed by atoms with van der Waals surface area (Å²) < 4.78 is 33.7. The van der Waals surface area contributed by atoms with Crippen molar-refractivity contribution in [2.24, 2.45) is 5.92 Å². The topological polar surface area (TPSA) is 63.6 Å². The Balaban J connectivity index is 3.82. The second-order valence-electron chi connectivity index (χ2n) is 3.70. The molecule has 2 atom stereocenters. The van der Waals surface area contributed by atoms with Gasteiger partial charge in [-0.25, -0.2) is 4.18 Å². The molecule has 0 aliphatic rings. The number of rotatable bonds is 7. The van der Waals surface area contributed by atoms with Crippen LogP contribution in [0.2, 0.25) is 0 Å². The van der Waals surface area contributed by atoms with E-state index in [4.69, 9.17) is 4.55 Å². The first-order chi connectivity index (χ1) is 6.37. The fraction of sp³-hybridized carbons (Fsp3) is 1.00. The van der Waals surface area contributed by atoms with Crippen LogP contribution in [0.4, 0.5) is 0 Å². The van der Waals surface area contributed by atoms with Crippen LogP contribution in [0.5, 0.6) is 0 Å². The second kappa shape index (κ2) is 6.37. The molecule has 0 saturated carbocycles. The molecule has 0 rings (SSSR count). The van der Waals surface area contributed by atoms with E-state index >= 15 is 0 Å². The predicted octanol–water partition coefficient (Wildman–Crippen LogP) is 2.41. The Kier molecular flexibility index (Phi) is 6.31. The van der Waals surface area contributed by atoms with Gasteiger partial charge in [0.15, 0.2) is 0 Å².